The average molecular weight is 351 g/mol. The lowest BCUT2D eigenvalue weighted by atomic mass is 9.58. The first-order valence-electron chi connectivity index (χ1n) is 7.07. The van der Waals surface area contributed by atoms with E-state index in [2.05, 4.69) is 40.1 Å². The summed E-state index contributed by atoms with van der Waals surface area (Å²) in [6.45, 7) is 4.98. The Labute approximate surface area is 132 Å². The summed E-state index contributed by atoms with van der Waals surface area (Å²) in [5, 5.41) is 3.11. The van der Waals surface area contributed by atoms with Crippen molar-refractivity contribution in [2.24, 2.45) is 17.1 Å². The fourth-order valence-corrected chi connectivity index (χ4v) is 3.34. The molecule has 3 N–H and O–H groups in total. The number of rotatable bonds is 3. The van der Waals surface area contributed by atoms with Crippen LogP contribution in [0.25, 0.3) is 5.65 Å². The minimum absolute atomic E-state index is 0.0495. The number of carbonyl (C=O) groups is 1. The fraction of sp³-hybridized carbons (Fsp3) is 0.467. The van der Waals surface area contributed by atoms with Crippen LogP contribution in [-0.2, 0) is 0 Å². The van der Waals surface area contributed by atoms with E-state index in [-0.39, 0.29) is 17.4 Å². The summed E-state index contributed by atoms with van der Waals surface area (Å²) in [6, 6.07) is 3.94. The molecule has 1 aliphatic rings. The second kappa shape index (κ2) is 5.10. The number of aromatic nitrogens is 2. The molecule has 0 saturated heterocycles. The zero-order chi connectivity index (χ0) is 15.2. The summed E-state index contributed by atoms with van der Waals surface area (Å²) in [6.07, 6.45) is 4.40. The van der Waals surface area contributed by atoms with Crippen molar-refractivity contribution in [3.05, 3.63) is 34.7 Å². The summed E-state index contributed by atoms with van der Waals surface area (Å²) in [7, 11) is 0. The van der Waals surface area contributed by atoms with Gasteiger partial charge in [0.05, 0.1) is 6.20 Å². The molecule has 21 heavy (non-hydrogen) atoms. The van der Waals surface area contributed by atoms with E-state index in [0.29, 0.717) is 18.2 Å². The number of amides is 1. The highest BCUT2D eigenvalue weighted by atomic mass is 79.9. The number of hydrogen-bond donors (Lipinski definition) is 2. The van der Waals surface area contributed by atoms with Crippen molar-refractivity contribution in [3.63, 3.8) is 0 Å². The standard InChI is InChI=1S/C15H19BrN4O/c1-15(2)9(7-17)5-12(15)19-14(21)11-8-18-13-6-10(16)3-4-20(11)13/h3-4,6,8-9,12H,5,7,17H2,1-2H3,(H,19,21). The molecule has 1 aliphatic carbocycles. The van der Waals surface area contributed by atoms with E-state index in [1.807, 2.05) is 18.3 Å². The van der Waals surface area contributed by atoms with Crippen molar-refractivity contribution in [1.29, 1.82) is 0 Å². The maximum Gasteiger partial charge on any atom is 0.270 e. The third-order valence-corrected chi connectivity index (χ3v) is 5.26. The molecule has 0 spiro atoms. The Morgan fingerprint density at radius 3 is 3.05 bits per heavy atom. The van der Waals surface area contributed by atoms with Crippen LogP contribution in [-0.4, -0.2) is 27.9 Å². The van der Waals surface area contributed by atoms with Gasteiger partial charge < -0.3 is 11.1 Å². The maximum absolute atomic E-state index is 12.5. The fourth-order valence-electron chi connectivity index (χ4n) is 3.02. The molecule has 2 aromatic rings. The van der Waals surface area contributed by atoms with E-state index < -0.39 is 0 Å². The van der Waals surface area contributed by atoms with Gasteiger partial charge in [-0.25, -0.2) is 4.98 Å². The van der Waals surface area contributed by atoms with Crippen LogP contribution >= 0.6 is 15.9 Å². The highest BCUT2D eigenvalue weighted by Gasteiger charge is 2.47. The Morgan fingerprint density at radius 1 is 1.62 bits per heavy atom. The zero-order valence-corrected chi connectivity index (χ0v) is 13.7. The van der Waals surface area contributed by atoms with Crippen LogP contribution in [0.4, 0.5) is 0 Å². The van der Waals surface area contributed by atoms with Gasteiger partial charge in [0.25, 0.3) is 5.91 Å². The zero-order valence-electron chi connectivity index (χ0n) is 12.1. The summed E-state index contributed by atoms with van der Waals surface area (Å²) in [5.74, 6) is 0.388. The molecule has 1 saturated carbocycles. The van der Waals surface area contributed by atoms with Crippen molar-refractivity contribution in [2.75, 3.05) is 6.54 Å². The van der Waals surface area contributed by atoms with E-state index >= 15 is 0 Å². The number of pyridine rings is 1. The quantitative estimate of drug-likeness (QED) is 0.891. The number of imidazole rings is 1. The molecule has 1 fully saturated rings. The normalized spacial score (nSPS) is 23.8. The summed E-state index contributed by atoms with van der Waals surface area (Å²) >= 11 is 3.40. The van der Waals surface area contributed by atoms with Crippen LogP contribution in [0.2, 0.25) is 0 Å². The minimum atomic E-state index is -0.0848. The molecule has 0 radical (unpaired) electrons. The molecule has 2 aromatic heterocycles. The second-order valence-electron chi connectivity index (χ2n) is 6.23. The van der Waals surface area contributed by atoms with Crippen LogP contribution in [0.15, 0.2) is 29.0 Å². The van der Waals surface area contributed by atoms with Crippen molar-refractivity contribution in [2.45, 2.75) is 26.3 Å². The van der Waals surface area contributed by atoms with Crippen LogP contribution in [0.1, 0.15) is 30.8 Å². The van der Waals surface area contributed by atoms with Crippen LogP contribution in [0.3, 0.4) is 0 Å². The van der Waals surface area contributed by atoms with Crippen molar-refractivity contribution in [3.8, 4) is 0 Å². The van der Waals surface area contributed by atoms with Gasteiger partial charge >= 0.3 is 0 Å². The van der Waals surface area contributed by atoms with Crippen LogP contribution < -0.4 is 11.1 Å². The van der Waals surface area contributed by atoms with Crippen molar-refractivity contribution in [1.82, 2.24) is 14.7 Å². The first-order valence-corrected chi connectivity index (χ1v) is 7.86. The topological polar surface area (TPSA) is 72.4 Å². The largest absolute Gasteiger partial charge is 0.347 e. The predicted octanol–water partition coefficient (Wildman–Crippen LogP) is 2.20. The van der Waals surface area contributed by atoms with Crippen molar-refractivity contribution >= 4 is 27.5 Å². The Morgan fingerprint density at radius 2 is 2.38 bits per heavy atom. The van der Waals surface area contributed by atoms with Gasteiger partial charge in [-0.15, -0.1) is 0 Å². The van der Waals surface area contributed by atoms with E-state index in [4.69, 9.17) is 5.73 Å². The predicted molar refractivity (Wildman–Crippen MR) is 85.1 cm³/mol. The van der Waals surface area contributed by atoms with E-state index in [9.17, 15) is 4.79 Å². The minimum Gasteiger partial charge on any atom is -0.347 e. The van der Waals surface area contributed by atoms with Crippen LogP contribution in [0.5, 0.6) is 0 Å². The monoisotopic (exact) mass is 350 g/mol. The molecule has 0 aliphatic heterocycles. The average Bonchev–Trinajstić information content (AvgIpc) is 2.85. The van der Waals surface area contributed by atoms with E-state index in [0.717, 1.165) is 16.5 Å². The molecule has 0 bridgehead atoms. The molecule has 2 atom stereocenters. The Bertz CT molecular complexity index is 694. The van der Waals surface area contributed by atoms with Gasteiger partial charge in [-0.3, -0.25) is 9.20 Å². The van der Waals surface area contributed by atoms with Crippen molar-refractivity contribution < 1.29 is 4.79 Å². The number of halogens is 1. The maximum atomic E-state index is 12.5. The second-order valence-corrected chi connectivity index (χ2v) is 7.15. The molecule has 3 rings (SSSR count). The Balaban J connectivity index is 1.79. The number of fused-ring (bicyclic) bond motifs is 1. The smallest absolute Gasteiger partial charge is 0.270 e. The van der Waals surface area contributed by atoms with Gasteiger partial charge in [-0.1, -0.05) is 29.8 Å². The van der Waals surface area contributed by atoms with Gasteiger partial charge in [-0.05, 0) is 36.4 Å². The Hall–Kier alpha value is -1.40. The molecule has 0 aromatic carbocycles. The highest BCUT2D eigenvalue weighted by molar-refractivity contribution is 9.10. The van der Waals surface area contributed by atoms with E-state index in [1.54, 1.807) is 10.6 Å². The number of nitrogens with zero attached hydrogens (tertiary/aromatic N) is 2. The summed E-state index contributed by atoms with van der Waals surface area (Å²) < 4.78 is 2.74. The molecule has 6 heteroatoms. The molecule has 112 valence electrons. The van der Waals surface area contributed by atoms with E-state index in [1.165, 1.54) is 0 Å². The number of nitrogens with two attached hydrogens (primary N) is 1. The summed E-state index contributed by atoms with van der Waals surface area (Å²) in [5.41, 5.74) is 7.12. The highest BCUT2D eigenvalue weighted by Crippen LogP contribution is 2.45. The van der Waals surface area contributed by atoms with Gasteiger partial charge in [0, 0.05) is 16.7 Å². The third-order valence-electron chi connectivity index (χ3n) is 4.77. The molecule has 1 amide bonds. The lowest BCUT2D eigenvalue weighted by Gasteiger charge is -2.52. The SMILES string of the molecule is CC1(C)C(CN)CC1NC(=O)c1cnc2cc(Br)ccn12. The lowest BCUT2D eigenvalue weighted by molar-refractivity contribution is 0.0198. The van der Waals surface area contributed by atoms with Gasteiger partial charge in [0.15, 0.2) is 0 Å². The first-order chi connectivity index (χ1) is 9.93. The molecular formula is C15H19BrN4O. The summed E-state index contributed by atoms with van der Waals surface area (Å²) in [4.78, 5) is 16.7. The van der Waals surface area contributed by atoms with Gasteiger partial charge in [-0.2, -0.15) is 0 Å². The Kier molecular flexibility index (Phi) is 3.53. The molecule has 5 nitrogen and oxygen atoms in total. The third kappa shape index (κ3) is 2.36. The van der Waals surface area contributed by atoms with Gasteiger partial charge in [0.1, 0.15) is 11.3 Å². The number of carbonyl (C=O) groups excluding carboxylic acids is 1. The number of hydrogen-bond acceptors (Lipinski definition) is 3. The lowest BCUT2D eigenvalue weighted by Crippen LogP contribution is -2.60. The molecular weight excluding hydrogens is 332 g/mol. The van der Waals surface area contributed by atoms with Gasteiger partial charge in [0.2, 0.25) is 0 Å². The molecule has 2 unspecified atom stereocenters. The van der Waals surface area contributed by atoms with Crippen LogP contribution in [0, 0.1) is 11.3 Å². The first kappa shape index (κ1) is 14.5. The molecule has 2 heterocycles. The number of nitrogens with one attached hydrogen (secondary N) is 1.